The highest BCUT2D eigenvalue weighted by Gasteiger charge is 2.34. The van der Waals surface area contributed by atoms with Gasteiger partial charge in [0.05, 0.1) is 10.6 Å². The van der Waals surface area contributed by atoms with Gasteiger partial charge in [-0.3, -0.25) is 13.9 Å². The number of hydrogen-bond donors (Lipinski definition) is 1. The predicted molar refractivity (Wildman–Crippen MR) is 167 cm³/mol. The van der Waals surface area contributed by atoms with Gasteiger partial charge in [-0.2, -0.15) is 0 Å². The molecule has 0 aliphatic heterocycles. The number of anilines is 1. The van der Waals surface area contributed by atoms with E-state index in [0.29, 0.717) is 21.3 Å². The zero-order chi connectivity index (χ0) is 30.3. The number of carbonyl (C=O) groups is 2. The normalized spacial score (nSPS) is 11.9. The molecule has 7 nitrogen and oxygen atoms in total. The first kappa shape index (κ1) is 31.1. The Labute approximate surface area is 256 Å². The summed E-state index contributed by atoms with van der Waals surface area (Å²) in [5, 5.41) is 3.40. The first-order valence-corrected chi connectivity index (χ1v) is 15.4. The molecule has 0 radical (unpaired) electrons. The smallest absolute Gasteiger partial charge is 0.264 e. The lowest BCUT2D eigenvalue weighted by Gasteiger charge is -2.33. The standard InChI is InChI=1S/C32H31Cl2N3O4S/c1-23-13-17-28(18-14-23)42(40,41)37(27-11-7-4-8-12-27)22-31(38)36(21-25-15-16-26(33)20-29(25)34)30(32(39)35-2)19-24-9-5-3-6-10-24/h3-18,20,30H,19,21-22H2,1-2H3,(H,35,39)/t30-/m1/s1. The molecule has 0 unspecified atom stereocenters. The second-order valence-electron chi connectivity index (χ2n) is 9.74. The third kappa shape index (κ3) is 7.50. The summed E-state index contributed by atoms with van der Waals surface area (Å²) >= 11 is 12.6. The summed E-state index contributed by atoms with van der Waals surface area (Å²) in [6, 6.07) is 28.1. The lowest BCUT2D eigenvalue weighted by Crippen LogP contribution is -2.53. The highest BCUT2D eigenvalue weighted by atomic mass is 35.5. The second kappa shape index (κ2) is 13.9. The van der Waals surface area contributed by atoms with Gasteiger partial charge in [-0.15, -0.1) is 0 Å². The van der Waals surface area contributed by atoms with Gasteiger partial charge in [-0.25, -0.2) is 8.42 Å². The average Bonchev–Trinajstić information content (AvgIpc) is 2.99. The number of para-hydroxylation sites is 1. The van der Waals surface area contributed by atoms with Gasteiger partial charge in [-0.1, -0.05) is 95.5 Å². The van der Waals surface area contributed by atoms with E-state index in [1.165, 1.54) is 24.1 Å². The molecule has 218 valence electrons. The molecule has 1 atom stereocenters. The number of likely N-dealkylation sites (N-methyl/N-ethyl adjacent to an activating group) is 1. The van der Waals surface area contributed by atoms with E-state index < -0.39 is 34.4 Å². The van der Waals surface area contributed by atoms with Crippen LogP contribution in [-0.4, -0.2) is 44.8 Å². The van der Waals surface area contributed by atoms with Crippen LogP contribution in [0.25, 0.3) is 0 Å². The maximum atomic E-state index is 14.3. The first-order chi connectivity index (χ1) is 20.1. The van der Waals surface area contributed by atoms with E-state index in [2.05, 4.69) is 5.32 Å². The van der Waals surface area contributed by atoms with Gasteiger partial charge in [0.1, 0.15) is 12.6 Å². The summed E-state index contributed by atoms with van der Waals surface area (Å²) in [5.74, 6) is -0.977. The van der Waals surface area contributed by atoms with Crippen LogP contribution in [0.1, 0.15) is 16.7 Å². The van der Waals surface area contributed by atoms with Crippen molar-refractivity contribution < 1.29 is 18.0 Å². The number of nitrogens with one attached hydrogen (secondary N) is 1. The zero-order valence-electron chi connectivity index (χ0n) is 23.2. The van der Waals surface area contributed by atoms with Crippen LogP contribution in [0.2, 0.25) is 10.0 Å². The number of sulfonamides is 1. The number of rotatable bonds is 11. The minimum Gasteiger partial charge on any atom is -0.357 e. The molecule has 42 heavy (non-hydrogen) atoms. The maximum Gasteiger partial charge on any atom is 0.264 e. The molecule has 10 heteroatoms. The summed E-state index contributed by atoms with van der Waals surface area (Å²) in [7, 11) is -2.66. The van der Waals surface area contributed by atoms with Crippen molar-refractivity contribution >= 4 is 50.7 Å². The number of carbonyl (C=O) groups excluding carboxylic acids is 2. The molecule has 0 fully saturated rings. The van der Waals surface area contributed by atoms with Crippen molar-refractivity contribution in [3.63, 3.8) is 0 Å². The molecule has 0 saturated carbocycles. The lowest BCUT2D eigenvalue weighted by atomic mass is 10.0. The molecule has 4 rings (SSSR count). The molecule has 0 saturated heterocycles. The predicted octanol–water partition coefficient (Wildman–Crippen LogP) is 5.88. The number of hydrogen-bond acceptors (Lipinski definition) is 4. The molecule has 4 aromatic carbocycles. The highest BCUT2D eigenvalue weighted by Crippen LogP contribution is 2.27. The molecular formula is C32H31Cl2N3O4S. The van der Waals surface area contributed by atoms with Gasteiger partial charge in [0, 0.05) is 30.1 Å². The van der Waals surface area contributed by atoms with Crippen molar-refractivity contribution in [2.24, 2.45) is 0 Å². The van der Waals surface area contributed by atoms with E-state index in [1.54, 1.807) is 60.7 Å². The van der Waals surface area contributed by atoms with Gasteiger partial charge in [0.15, 0.2) is 0 Å². The van der Waals surface area contributed by atoms with Crippen LogP contribution in [0.15, 0.2) is 108 Å². The highest BCUT2D eigenvalue weighted by molar-refractivity contribution is 7.92. The van der Waals surface area contributed by atoms with Gasteiger partial charge < -0.3 is 10.2 Å². The SMILES string of the molecule is CNC(=O)[C@@H](Cc1ccccc1)N(Cc1ccc(Cl)cc1Cl)C(=O)CN(c1ccccc1)S(=O)(=O)c1ccc(C)cc1. The lowest BCUT2D eigenvalue weighted by molar-refractivity contribution is -0.139. The minimum absolute atomic E-state index is 0.0455. The van der Waals surface area contributed by atoms with E-state index in [4.69, 9.17) is 23.2 Å². The van der Waals surface area contributed by atoms with Crippen LogP contribution in [0.4, 0.5) is 5.69 Å². The summed E-state index contributed by atoms with van der Waals surface area (Å²) in [6.45, 7) is 1.26. The van der Waals surface area contributed by atoms with E-state index in [0.717, 1.165) is 15.4 Å². The van der Waals surface area contributed by atoms with Crippen LogP contribution in [0.3, 0.4) is 0 Å². The zero-order valence-corrected chi connectivity index (χ0v) is 25.5. The average molecular weight is 625 g/mol. The molecule has 1 N–H and O–H groups in total. The molecule has 0 spiro atoms. The molecular weight excluding hydrogens is 593 g/mol. The summed E-state index contributed by atoms with van der Waals surface area (Å²) in [5.41, 5.74) is 2.61. The first-order valence-electron chi connectivity index (χ1n) is 13.2. The van der Waals surface area contributed by atoms with Crippen molar-refractivity contribution in [3.05, 3.63) is 130 Å². The number of halogens is 2. The quantitative estimate of drug-likeness (QED) is 0.226. The van der Waals surface area contributed by atoms with E-state index >= 15 is 0 Å². The molecule has 2 amide bonds. The molecule has 0 aliphatic rings. The number of nitrogens with zero attached hydrogens (tertiary/aromatic N) is 2. The largest absolute Gasteiger partial charge is 0.357 e. The Hall–Kier alpha value is -3.85. The Kier molecular flexibility index (Phi) is 10.3. The van der Waals surface area contributed by atoms with E-state index in [-0.39, 0.29) is 17.9 Å². The second-order valence-corrected chi connectivity index (χ2v) is 12.4. The Bertz CT molecular complexity index is 1630. The van der Waals surface area contributed by atoms with Crippen molar-refractivity contribution in [1.29, 1.82) is 0 Å². The van der Waals surface area contributed by atoms with Crippen molar-refractivity contribution in [2.45, 2.75) is 30.8 Å². The topological polar surface area (TPSA) is 86.8 Å². The van der Waals surface area contributed by atoms with Crippen LogP contribution in [0, 0.1) is 6.92 Å². The molecule has 0 aromatic heterocycles. The molecule has 0 bridgehead atoms. The fourth-order valence-electron chi connectivity index (χ4n) is 4.51. The van der Waals surface area contributed by atoms with Gasteiger partial charge in [-0.05, 0) is 54.4 Å². The van der Waals surface area contributed by atoms with Crippen LogP contribution >= 0.6 is 23.2 Å². The molecule has 4 aromatic rings. The summed E-state index contributed by atoms with van der Waals surface area (Å²) in [6.07, 6.45) is 0.202. The monoisotopic (exact) mass is 623 g/mol. The Morgan fingerprint density at radius 3 is 2.07 bits per heavy atom. The van der Waals surface area contributed by atoms with Crippen molar-refractivity contribution in [2.75, 3.05) is 17.9 Å². The fourth-order valence-corrected chi connectivity index (χ4v) is 6.40. The summed E-state index contributed by atoms with van der Waals surface area (Å²) < 4.78 is 29.0. The third-order valence-corrected chi connectivity index (χ3v) is 9.18. The Balaban J connectivity index is 1.79. The van der Waals surface area contributed by atoms with Crippen LogP contribution in [-0.2, 0) is 32.6 Å². The van der Waals surface area contributed by atoms with Gasteiger partial charge >= 0.3 is 0 Å². The Morgan fingerprint density at radius 1 is 0.857 bits per heavy atom. The molecule has 0 aliphatic carbocycles. The minimum atomic E-state index is -4.15. The number of aryl methyl sites for hydroxylation is 1. The van der Waals surface area contributed by atoms with Gasteiger partial charge in [0.25, 0.3) is 10.0 Å². The van der Waals surface area contributed by atoms with Gasteiger partial charge in [0.2, 0.25) is 11.8 Å². The van der Waals surface area contributed by atoms with Crippen LogP contribution < -0.4 is 9.62 Å². The van der Waals surface area contributed by atoms with Crippen molar-refractivity contribution in [1.82, 2.24) is 10.2 Å². The van der Waals surface area contributed by atoms with E-state index in [9.17, 15) is 18.0 Å². The number of benzene rings is 4. The molecule has 0 heterocycles. The van der Waals surface area contributed by atoms with Crippen LogP contribution in [0.5, 0.6) is 0 Å². The van der Waals surface area contributed by atoms with E-state index in [1.807, 2.05) is 37.3 Å². The Morgan fingerprint density at radius 2 is 1.48 bits per heavy atom. The summed E-state index contributed by atoms with van der Waals surface area (Å²) in [4.78, 5) is 29.0. The number of amides is 2. The third-order valence-electron chi connectivity index (χ3n) is 6.81. The maximum absolute atomic E-state index is 14.3. The fraction of sp³-hybridized carbons (Fsp3) is 0.188. The van der Waals surface area contributed by atoms with Crippen molar-refractivity contribution in [3.8, 4) is 0 Å².